The normalized spacial score (nSPS) is 11.6. The van der Waals surface area contributed by atoms with Crippen molar-refractivity contribution < 1.29 is 9.18 Å². The van der Waals surface area contributed by atoms with E-state index in [9.17, 15) is 9.18 Å². The Balaban J connectivity index is 2.03. The number of hydrogen-bond acceptors (Lipinski definition) is 2. The number of aromatic nitrogens is 2. The van der Waals surface area contributed by atoms with Gasteiger partial charge < -0.3 is 4.90 Å². The van der Waals surface area contributed by atoms with Gasteiger partial charge in [0.2, 0.25) is 5.91 Å². The molecule has 4 nitrogen and oxygen atoms in total. The first-order valence-electron chi connectivity index (χ1n) is 7.70. The maximum atomic E-state index is 13.3. The minimum absolute atomic E-state index is 0.0317. The van der Waals surface area contributed by atoms with Crippen LogP contribution in [0.1, 0.15) is 43.3 Å². The summed E-state index contributed by atoms with van der Waals surface area (Å²) in [5.41, 5.74) is 3.47. The van der Waals surface area contributed by atoms with Crippen molar-refractivity contribution in [3.05, 3.63) is 52.6 Å². The second-order valence-corrected chi connectivity index (χ2v) is 7.03. The van der Waals surface area contributed by atoms with Crippen molar-refractivity contribution in [1.82, 2.24) is 15.1 Å². The molecule has 124 valence electrons. The van der Waals surface area contributed by atoms with Crippen LogP contribution in [0.5, 0.6) is 0 Å². The zero-order chi connectivity index (χ0) is 17.2. The van der Waals surface area contributed by atoms with Crippen molar-refractivity contribution in [2.45, 2.75) is 46.1 Å². The highest BCUT2D eigenvalue weighted by atomic mass is 19.1. The van der Waals surface area contributed by atoms with Crippen LogP contribution < -0.4 is 0 Å². The fourth-order valence-electron chi connectivity index (χ4n) is 2.30. The van der Waals surface area contributed by atoms with Gasteiger partial charge in [0.15, 0.2) is 0 Å². The molecule has 1 heterocycles. The molecule has 1 N–H and O–H groups in total. The molecule has 2 rings (SSSR count). The molecule has 0 spiro atoms. The van der Waals surface area contributed by atoms with Gasteiger partial charge in [-0.25, -0.2) is 4.39 Å². The van der Waals surface area contributed by atoms with Gasteiger partial charge in [-0.2, -0.15) is 5.10 Å². The second kappa shape index (κ2) is 6.52. The maximum absolute atomic E-state index is 13.3. The minimum atomic E-state index is -0.315. The number of rotatable bonds is 4. The van der Waals surface area contributed by atoms with Crippen LogP contribution in [0, 0.1) is 12.7 Å². The van der Waals surface area contributed by atoms with Crippen LogP contribution in [0.2, 0.25) is 0 Å². The van der Waals surface area contributed by atoms with E-state index in [1.54, 1.807) is 18.0 Å². The lowest BCUT2D eigenvalue weighted by atomic mass is 9.92. The van der Waals surface area contributed by atoms with E-state index in [4.69, 9.17) is 0 Å². The second-order valence-electron chi connectivity index (χ2n) is 7.03. The molecule has 1 amide bonds. The van der Waals surface area contributed by atoms with E-state index in [-0.39, 0.29) is 23.6 Å². The van der Waals surface area contributed by atoms with Gasteiger partial charge in [-0.3, -0.25) is 9.89 Å². The number of H-pyrrole nitrogens is 1. The van der Waals surface area contributed by atoms with Crippen LogP contribution in [-0.4, -0.2) is 28.1 Å². The van der Waals surface area contributed by atoms with Crippen molar-refractivity contribution in [3.63, 3.8) is 0 Å². The average Bonchev–Trinajstić information content (AvgIpc) is 2.91. The van der Waals surface area contributed by atoms with E-state index < -0.39 is 0 Å². The van der Waals surface area contributed by atoms with Gasteiger partial charge in [0.05, 0.1) is 24.4 Å². The van der Waals surface area contributed by atoms with Crippen LogP contribution in [0.25, 0.3) is 0 Å². The average molecular weight is 317 g/mol. The number of carbonyl (C=O) groups excluding carboxylic acids is 1. The molecule has 1 aromatic carbocycles. The number of nitrogens with zero attached hydrogens (tertiary/aromatic N) is 2. The van der Waals surface area contributed by atoms with Crippen LogP contribution in [0.15, 0.2) is 24.3 Å². The molecule has 23 heavy (non-hydrogen) atoms. The number of benzene rings is 1. The van der Waals surface area contributed by atoms with E-state index in [0.717, 1.165) is 22.5 Å². The number of likely N-dealkylation sites (N-methyl/N-ethyl adjacent to an activating group) is 1. The van der Waals surface area contributed by atoms with E-state index in [1.807, 2.05) is 13.0 Å². The van der Waals surface area contributed by atoms with Gasteiger partial charge in [-0.1, -0.05) is 26.8 Å². The maximum Gasteiger partial charge on any atom is 0.227 e. The minimum Gasteiger partial charge on any atom is -0.340 e. The molecule has 1 aromatic heterocycles. The number of aromatic amines is 1. The van der Waals surface area contributed by atoms with Gasteiger partial charge in [0, 0.05) is 12.5 Å². The molecule has 0 saturated carbocycles. The summed E-state index contributed by atoms with van der Waals surface area (Å²) in [6.07, 6.45) is 0.195. The Morgan fingerprint density at radius 3 is 2.61 bits per heavy atom. The highest BCUT2D eigenvalue weighted by molar-refractivity contribution is 5.78. The smallest absolute Gasteiger partial charge is 0.227 e. The van der Waals surface area contributed by atoms with E-state index in [0.29, 0.717) is 6.54 Å². The molecule has 0 fully saturated rings. The summed E-state index contributed by atoms with van der Waals surface area (Å²) in [4.78, 5) is 14.0. The van der Waals surface area contributed by atoms with Crippen molar-refractivity contribution in [3.8, 4) is 0 Å². The predicted octanol–water partition coefficient (Wildman–Crippen LogP) is 3.36. The summed E-state index contributed by atoms with van der Waals surface area (Å²) >= 11 is 0. The first kappa shape index (κ1) is 17.2. The van der Waals surface area contributed by atoms with E-state index >= 15 is 0 Å². The van der Waals surface area contributed by atoms with Crippen molar-refractivity contribution in [2.24, 2.45) is 0 Å². The van der Waals surface area contributed by atoms with Crippen molar-refractivity contribution in [2.75, 3.05) is 7.05 Å². The van der Waals surface area contributed by atoms with E-state index in [1.165, 1.54) is 12.1 Å². The van der Waals surface area contributed by atoms with Crippen LogP contribution in [0.4, 0.5) is 4.39 Å². The topological polar surface area (TPSA) is 49.0 Å². The Labute approximate surface area is 136 Å². The molecule has 2 aromatic rings. The van der Waals surface area contributed by atoms with Crippen molar-refractivity contribution >= 4 is 5.91 Å². The summed E-state index contributed by atoms with van der Waals surface area (Å²) in [6.45, 7) is 8.61. The SMILES string of the molecule is Cc1ccc(F)cc1CC(=O)N(C)Cc1cc(C(C)(C)C)n[nH]1. The fourth-order valence-corrected chi connectivity index (χ4v) is 2.30. The third-order valence-corrected chi connectivity index (χ3v) is 3.89. The lowest BCUT2D eigenvalue weighted by molar-refractivity contribution is -0.129. The monoisotopic (exact) mass is 317 g/mol. The van der Waals surface area contributed by atoms with Gasteiger partial charge in [0.1, 0.15) is 5.82 Å². The molecule has 0 aliphatic heterocycles. The van der Waals surface area contributed by atoms with Gasteiger partial charge in [-0.15, -0.1) is 0 Å². The number of amides is 1. The third-order valence-electron chi connectivity index (χ3n) is 3.89. The molecule has 0 bridgehead atoms. The molecule has 0 aliphatic carbocycles. The third kappa shape index (κ3) is 4.41. The van der Waals surface area contributed by atoms with Crippen LogP contribution >= 0.6 is 0 Å². The van der Waals surface area contributed by atoms with E-state index in [2.05, 4.69) is 31.0 Å². The Hall–Kier alpha value is -2.17. The summed E-state index contributed by atoms with van der Waals surface area (Å²) in [7, 11) is 1.74. The summed E-state index contributed by atoms with van der Waals surface area (Å²) in [5, 5.41) is 7.28. The number of nitrogens with one attached hydrogen (secondary N) is 1. The summed E-state index contributed by atoms with van der Waals surface area (Å²) in [5.74, 6) is -0.366. The lowest BCUT2D eigenvalue weighted by Crippen LogP contribution is -2.28. The summed E-state index contributed by atoms with van der Waals surface area (Å²) in [6, 6.07) is 6.51. The van der Waals surface area contributed by atoms with Gasteiger partial charge in [-0.05, 0) is 36.2 Å². The molecular weight excluding hydrogens is 293 g/mol. The van der Waals surface area contributed by atoms with Gasteiger partial charge >= 0.3 is 0 Å². The molecule has 0 atom stereocenters. The molecule has 0 radical (unpaired) electrons. The first-order valence-corrected chi connectivity index (χ1v) is 7.70. The molecule has 0 unspecified atom stereocenters. The molecular formula is C18H24FN3O. The Bertz CT molecular complexity index is 701. The van der Waals surface area contributed by atoms with Gasteiger partial charge in [0.25, 0.3) is 0 Å². The Morgan fingerprint density at radius 1 is 1.30 bits per heavy atom. The Kier molecular flexibility index (Phi) is 4.88. The number of aryl methyl sites for hydroxylation is 1. The highest BCUT2D eigenvalue weighted by Gasteiger charge is 2.19. The van der Waals surface area contributed by atoms with Crippen molar-refractivity contribution in [1.29, 1.82) is 0 Å². The first-order chi connectivity index (χ1) is 10.7. The zero-order valence-corrected chi connectivity index (χ0v) is 14.4. The highest BCUT2D eigenvalue weighted by Crippen LogP contribution is 2.20. The predicted molar refractivity (Wildman–Crippen MR) is 88.6 cm³/mol. The lowest BCUT2D eigenvalue weighted by Gasteiger charge is -2.17. The molecule has 0 aliphatic rings. The Morgan fingerprint density at radius 2 is 2.00 bits per heavy atom. The van der Waals surface area contributed by atoms with Crippen LogP contribution in [0.3, 0.4) is 0 Å². The fraction of sp³-hybridized carbons (Fsp3) is 0.444. The quantitative estimate of drug-likeness (QED) is 0.940. The number of carbonyl (C=O) groups is 1. The zero-order valence-electron chi connectivity index (χ0n) is 14.4. The largest absolute Gasteiger partial charge is 0.340 e. The van der Waals surface area contributed by atoms with Crippen LogP contribution in [-0.2, 0) is 23.2 Å². The number of hydrogen-bond donors (Lipinski definition) is 1. The summed E-state index contributed by atoms with van der Waals surface area (Å²) < 4.78 is 13.3. The number of halogens is 1. The standard InChI is InChI=1S/C18H24FN3O/c1-12-6-7-14(19)8-13(12)9-17(23)22(5)11-15-10-16(21-20-15)18(2,3)4/h6-8,10H,9,11H2,1-5H3,(H,20,21). The molecule has 5 heteroatoms. The molecule has 0 saturated heterocycles.